The number of nitrogens with one attached hydrogen (secondary N) is 1. The number of hydrogen-bond acceptors (Lipinski definition) is 4. The minimum atomic E-state index is -0.671. The lowest BCUT2D eigenvalue weighted by atomic mass is 9.81. The number of rotatable bonds is 4. The van der Waals surface area contributed by atoms with E-state index in [0.717, 1.165) is 16.9 Å². The molecule has 0 atom stereocenters. The van der Waals surface area contributed by atoms with Gasteiger partial charge in [-0.05, 0) is 37.3 Å². The van der Waals surface area contributed by atoms with Gasteiger partial charge in [-0.2, -0.15) is 0 Å². The van der Waals surface area contributed by atoms with Gasteiger partial charge in [0.05, 0.1) is 5.57 Å². The van der Waals surface area contributed by atoms with E-state index < -0.39 is 17.4 Å². The fraction of sp³-hybridized carbons (Fsp3) is 0.435. The van der Waals surface area contributed by atoms with Crippen LogP contribution in [0.1, 0.15) is 53.0 Å². The van der Waals surface area contributed by atoms with Crippen molar-refractivity contribution >= 4 is 29.4 Å². The Kier molecular flexibility index (Phi) is 5.52. The lowest BCUT2D eigenvalue weighted by molar-refractivity contribution is -0.122. The van der Waals surface area contributed by atoms with Crippen molar-refractivity contribution in [2.45, 2.75) is 64.3 Å². The first-order valence-corrected chi connectivity index (χ1v) is 10.6. The molecule has 1 aromatic rings. The number of thioether (sulfide) groups is 1. The van der Waals surface area contributed by atoms with Crippen LogP contribution in [-0.4, -0.2) is 23.1 Å². The van der Waals surface area contributed by atoms with Crippen molar-refractivity contribution in [3.63, 3.8) is 0 Å². The molecular weight excluding hydrogens is 384 g/mol. The number of carbonyl (C=O) groups excluding carboxylic acids is 3. The van der Waals surface area contributed by atoms with E-state index >= 15 is 0 Å². The van der Waals surface area contributed by atoms with E-state index in [2.05, 4.69) is 26.1 Å². The number of hydrogen-bond donors (Lipinski definition) is 2. The van der Waals surface area contributed by atoms with Gasteiger partial charge in [-0.1, -0.05) is 50.7 Å². The Balaban J connectivity index is 2.00. The molecule has 1 heterocycles. The van der Waals surface area contributed by atoms with E-state index in [1.165, 1.54) is 11.8 Å². The van der Waals surface area contributed by atoms with Crippen LogP contribution in [0.5, 0.6) is 0 Å². The Bertz CT molecular complexity index is 965. The third-order valence-electron chi connectivity index (χ3n) is 4.97. The molecule has 2 amide bonds. The highest BCUT2D eigenvalue weighted by Crippen LogP contribution is 2.46. The molecule has 0 unspecified atom stereocenters. The van der Waals surface area contributed by atoms with Gasteiger partial charge < -0.3 is 11.1 Å². The predicted molar refractivity (Wildman–Crippen MR) is 115 cm³/mol. The highest BCUT2D eigenvalue weighted by molar-refractivity contribution is 8.03. The van der Waals surface area contributed by atoms with Crippen molar-refractivity contribution in [2.75, 3.05) is 0 Å². The van der Waals surface area contributed by atoms with Crippen molar-refractivity contribution in [1.82, 2.24) is 5.32 Å². The summed E-state index contributed by atoms with van der Waals surface area (Å²) >= 11 is 1.35. The first-order valence-electron chi connectivity index (χ1n) is 9.76. The summed E-state index contributed by atoms with van der Waals surface area (Å²) in [5, 5.41) is 3.01. The largest absolute Gasteiger partial charge is 0.366 e. The number of ketones is 1. The zero-order chi connectivity index (χ0) is 21.6. The Morgan fingerprint density at radius 1 is 1.10 bits per heavy atom. The highest BCUT2D eigenvalue weighted by atomic mass is 32.2. The standard InChI is InChI=1S/C23H28N2O3S/c1-22(2,3)12-23(4,5)25-21(28)15-11-16(26)14-10-13-8-6-7-9-17(13)29-19(14)18(15)20(24)27/h6-9H,10-12H2,1-5H3,(H2,24,27)(H,25,28). The van der Waals surface area contributed by atoms with Gasteiger partial charge in [-0.25, -0.2) is 0 Å². The van der Waals surface area contributed by atoms with Crippen LogP contribution in [0.15, 0.2) is 50.8 Å². The van der Waals surface area contributed by atoms with Gasteiger partial charge in [0.15, 0.2) is 5.78 Å². The first-order chi connectivity index (χ1) is 13.4. The van der Waals surface area contributed by atoms with Crippen LogP contribution >= 0.6 is 11.8 Å². The number of carbonyl (C=O) groups is 3. The zero-order valence-corrected chi connectivity index (χ0v) is 18.5. The summed E-state index contributed by atoms with van der Waals surface area (Å²) in [4.78, 5) is 39.9. The number of nitrogens with two attached hydrogens (primary N) is 1. The van der Waals surface area contributed by atoms with Gasteiger partial charge in [-0.15, -0.1) is 0 Å². The first kappa shape index (κ1) is 21.4. The topological polar surface area (TPSA) is 89.3 Å². The summed E-state index contributed by atoms with van der Waals surface area (Å²) in [5.74, 6) is -1.19. The maximum atomic E-state index is 13.1. The normalized spacial score (nSPS) is 17.1. The average Bonchev–Trinajstić information content (AvgIpc) is 2.57. The monoisotopic (exact) mass is 412 g/mol. The number of Topliss-reactive ketones (excluding diaryl/α,β-unsaturated/α-hetero) is 1. The van der Waals surface area contributed by atoms with Gasteiger partial charge >= 0.3 is 0 Å². The smallest absolute Gasteiger partial charge is 0.250 e. The lowest BCUT2D eigenvalue weighted by Crippen LogP contribution is -2.47. The maximum absolute atomic E-state index is 13.1. The van der Waals surface area contributed by atoms with Crippen molar-refractivity contribution in [3.05, 3.63) is 51.5 Å². The minimum Gasteiger partial charge on any atom is -0.366 e. The molecule has 0 aromatic heterocycles. The Labute approximate surface area is 176 Å². The summed E-state index contributed by atoms with van der Waals surface area (Å²) in [6.07, 6.45) is 1.10. The van der Waals surface area contributed by atoms with Crippen LogP contribution in [0.4, 0.5) is 0 Å². The van der Waals surface area contributed by atoms with E-state index in [4.69, 9.17) is 5.73 Å². The van der Waals surface area contributed by atoms with E-state index in [0.29, 0.717) is 16.9 Å². The molecule has 29 heavy (non-hydrogen) atoms. The highest BCUT2D eigenvalue weighted by Gasteiger charge is 2.38. The lowest BCUT2D eigenvalue weighted by Gasteiger charge is -2.34. The molecule has 3 rings (SSSR count). The Morgan fingerprint density at radius 3 is 2.38 bits per heavy atom. The number of fused-ring (bicyclic) bond motifs is 1. The number of benzene rings is 1. The molecule has 3 N–H and O–H groups in total. The van der Waals surface area contributed by atoms with Crippen LogP contribution in [0.2, 0.25) is 0 Å². The summed E-state index contributed by atoms with van der Waals surface area (Å²) in [7, 11) is 0. The average molecular weight is 413 g/mol. The molecule has 0 fully saturated rings. The molecule has 5 nitrogen and oxygen atoms in total. The van der Waals surface area contributed by atoms with Gasteiger partial charge in [0.1, 0.15) is 0 Å². The van der Waals surface area contributed by atoms with Crippen molar-refractivity contribution in [1.29, 1.82) is 0 Å². The van der Waals surface area contributed by atoms with Crippen LogP contribution in [0.25, 0.3) is 0 Å². The van der Waals surface area contributed by atoms with E-state index in [1.807, 2.05) is 38.1 Å². The van der Waals surface area contributed by atoms with Gasteiger partial charge in [0.25, 0.3) is 0 Å². The molecule has 1 aromatic carbocycles. The van der Waals surface area contributed by atoms with Gasteiger partial charge in [-0.3, -0.25) is 14.4 Å². The van der Waals surface area contributed by atoms with E-state index in [-0.39, 0.29) is 28.8 Å². The van der Waals surface area contributed by atoms with Crippen molar-refractivity contribution in [2.24, 2.45) is 11.1 Å². The number of primary amides is 1. The van der Waals surface area contributed by atoms with Crippen molar-refractivity contribution < 1.29 is 14.4 Å². The predicted octanol–water partition coefficient (Wildman–Crippen LogP) is 3.67. The molecule has 0 radical (unpaired) electrons. The van der Waals surface area contributed by atoms with Gasteiger partial charge in [0.2, 0.25) is 11.8 Å². The summed E-state index contributed by atoms with van der Waals surface area (Å²) < 4.78 is 0. The molecular formula is C23H28N2O3S. The van der Waals surface area contributed by atoms with E-state index in [1.54, 1.807) is 0 Å². The SMILES string of the molecule is CC(C)(C)CC(C)(C)NC(=O)C1=C(C(N)=O)C2=C(Cc3ccccc3S2)C(=O)C1. The second-order valence-corrected chi connectivity index (χ2v) is 10.6. The van der Waals surface area contributed by atoms with E-state index in [9.17, 15) is 14.4 Å². The summed E-state index contributed by atoms with van der Waals surface area (Å²) in [6.45, 7) is 10.2. The van der Waals surface area contributed by atoms with Crippen molar-refractivity contribution in [3.8, 4) is 0 Å². The second-order valence-electron chi connectivity index (χ2n) is 9.59. The molecule has 0 saturated carbocycles. The minimum absolute atomic E-state index is 0.0126. The molecule has 154 valence electrons. The fourth-order valence-electron chi connectivity index (χ4n) is 4.32. The Morgan fingerprint density at radius 2 is 1.76 bits per heavy atom. The van der Waals surface area contributed by atoms with Gasteiger partial charge in [0, 0.05) is 39.3 Å². The molecule has 1 aliphatic carbocycles. The molecule has 0 bridgehead atoms. The maximum Gasteiger partial charge on any atom is 0.250 e. The van der Waals surface area contributed by atoms with Crippen LogP contribution in [-0.2, 0) is 20.8 Å². The third kappa shape index (κ3) is 4.64. The summed E-state index contributed by atoms with van der Waals surface area (Å²) in [6, 6.07) is 7.77. The number of allylic oxidation sites excluding steroid dienone is 1. The van der Waals surface area contributed by atoms with Crippen LogP contribution < -0.4 is 11.1 Å². The molecule has 6 heteroatoms. The zero-order valence-electron chi connectivity index (χ0n) is 17.6. The van der Waals surface area contributed by atoms with Crippen LogP contribution in [0, 0.1) is 5.41 Å². The molecule has 2 aliphatic rings. The summed E-state index contributed by atoms with van der Waals surface area (Å²) in [5.41, 5.74) is 7.20. The third-order valence-corrected chi connectivity index (χ3v) is 6.25. The fourth-order valence-corrected chi connectivity index (χ4v) is 5.59. The molecule has 0 saturated heterocycles. The van der Waals surface area contributed by atoms with Crippen LogP contribution in [0.3, 0.4) is 0 Å². The molecule has 1 aliphatic heterocycles. The Hall–Kier alpha value is -2.34. The quantitative estimate of drug-likeness (QED) is 0.790. The number of amides is 2. The second kappa shape index (κ2) is 7.48. The molecule has 0 spiro atoms.